The summed E-state index contributed by atoms with van der Waals surface area (Å²) in [5, 5.41) is 8.62. The summed E-state index contributed by atoms with van der Waals surface area (Å²) in [6.07, 6.45) is -0.241. The van der Waals surface area contributed by atoms with Gasteiger partial charge in [0, 0.05) is 14.2 Å². The minimum Gasteiger partial charge on any atom is -0.394 e. The fourth-order valence-corrected chi connectivity index (χ4v) is 0.566. The molecule has 3 nitrogen and oxygen atoms in total. The molecule has 0 saturated carbocycles. The molecule has 0 bridgehead atoms. The van der Waals surface area contributed by atoms with Crippen LogP contribution >= 0.6 is 0 Å². The molecular formula is C6H14O3. The first-order valence-corrected chi connectivity index (χ1v) is 2.92. The van der Waals surface area contributed by atoms with Crippen molar-refractivity contribution in [1.29, 1.82) is 0 Å². The van der Waals surface area contributed by atoms with Gasteiger partial charge in [0.1, 0.15) is 6.10 Å². The zero-order valence-electron chi connectivity index (χ0n) is 6.13. The topological polar surface area (TPSA) is 38.7 Å². The van der Waals surface area contributed by atoms with Crippen molar-refractivity contribution in [2.45, 2.75) is 19.1 Å². The van der Waals surface area contributed by atoms with E-state index >= 15 is 0 Å². The number of hydrogen-bond donors (Lipinski definition) is 1. The van der Waals surface area contributed by atoms with Gasteiger partial charge in [-0.15, -0.1) is 0 Å². The van der Waals surface area contributed by atoms with Crippen molar-refractivity contribution in [1.82, 2.24) is 0 Å². The second kappa shape index (κ2) is 4.73. The van der Waals surface area contributed by atoms with E-state index in [-0.39, 0.29) is 18.8 Å². The van der Waals surface area contributed by atoms with Crippen LogP contribution < -0.4 is 0 Å². The van der Waals surface area contributed by atoms with Crippen LogP contribution in [0.2, 0.25) is 0 Å². The standard InChI is InChI=1S/C6H14O3/c1-5(8-2)6(4-7)9-3/h5-7H,4H2,1-3H3/t5-,6+/m0/s1. The van der Waals surface area contributed by atoms with Crippen molar-refractivity contribution in [3.63, 3.8) is 0 Å². The maximum absolute atomic E-state index is 8.62. The highest BCUT2D eigenvalue weighted by Gasteiger charge is 2.13. The zero-order chi connectivity index (χ0) is 7.28. The van der Waals surface area contributed by atoms with Crippen LogP contribution in [0.3, 0.4) is 0 Å². The van der Waals surface area contributed by atoms with Gasteiger partial charge in [-0.05, 0) is 6.92 Å². The highest BCUT2D eigenvalue weighted by atomic mass is 16.5. The van der Waals surface area contributed by atoms with E-state index in [9.17, 15) is 0 Å². The SMILES string of the molecule is CO[C@@H](C)[C@@H](CO)OC. The van der Waals surface area contributed by atoms with Crippen LogP contribution in [0.25, 0.3) is 0 Å². The molecule has 0 aliphatic rings. The van der Waals surface area contributed by atoms with Crippen molar-refractivity contribution in [3.8, 4) is 0 Å². The molecule has 9 heavy (non-hydrogen) atoms. The summed E-state index contributed by atoms with van der Waals surface area (Å²) in [6, 6.07) is 0. The summed E-state index contributed by atoms with van der Waals surface area (Å²) in [6.45, 7) is 1.86. The van der Waals surface area contributed by atoms with Gasteiger partial charge in [-0.25, -0.2) is 0 Å². The van der Waals surface area contributed by atoms with Gasteiger partial charge in [0.25, 0.3) is 0 Å². The normalized spacial score (nSPS) is 17.3. The van der Waals surface area contributed by atoms with Gasteiger partial charge < -0.3 is 14.6 Å². The molecule has 1 N–H and O–H groups in total. The number of aliphatic hydroxyl groups excluding tert-OH is 1. The van der Waals surface area contributed by atoms with E-state index in [2.05, 4.69) is 0 Å². The summed E-state index contributed by atoms with van der Waals surface area (Å²) in [7, 11) is 3.14. The fourth-order valence-electron chi connectivity index (χ4n) is 0.566. The van der Waals surface area contributed by atoms with Crippen molar-refractivity contribution < 1.29 is 14.6 Å². The lowest BCUT2D eigenvalue weighted by Gasteiger charge is -2.18. The molecule has 56 valence electrons. The van der Waals surface area contributed by atoms with Crippen LogP contribution in [0.5, 0.6) is 0 Å². The second-order valence-electron chi connectivity index (χ2n) is 1.90. The van der Waals surface area contributed by atoms with Gasteiger partial charge in [-0.3, -0.25) is 0 Å². The molecule has 0 heterocycles. The van der Waals surface area contributed by atoms with Crippen molar-refractivity contribution >= 4 is 0 Å². The molecule has 0 rings (SSSR count). The van der Waals surface area contributed by atoms with E-state index in [0.29, 0.717) is 0 Å². The Morgan fingerprint density at radius 2 is 1.89 bits per heavy atom. The van der Waals surface area contributed by atoms with Crippen LogP contribution in [-0.4, -0.2) is 38.1 Å². The minimum absolute atomic E-state index is 0.00546. The lowest BCUT2D eigenvalue weighted by molar-refractivity contribution is -0.0511. The monoisotopic (exact) mass is 134 g/mol. The Bertz CT molecular complexity index is 61.3. The van der Waals surface area contributed by atoms with Crippen LogP contribution in [0.4, 0.5) is 0 Å². The maximum Gasteiger partial charge on any atom is 0.106 e. The number of ether oxygens (including phenoxy) is 2. The fraction of sp³-hybridized carbons (Fsp3) is 1.00. The predicted octanol–water partition coefficient (Wildman–Crippen LogP) is 0.0286. The summed E-state index contributed by atoms with van der Waals surface area (Å²) >= 11 is 0. The lowest BCUT2D eigenvalue weighted by atomic mass is 10.2. The molecule has 0 fully saturated rings. The van der Waals surface area contributed by atoms with Crippen molar-refractivity contribution in [2.24, 2.45) is 0 Å². The van der Waals surface area contributed by atoms with Crippen molar-refractivity contribution in [3.05, 3.63) is 0 Å². The van der Waals surface area contributed by atoms with Gasteiger partial charge in [-0.2, -0.15) is 0 Å². The first-order chi connectivity index (χ1) is 4.26. The Kier molecular flexibility index (Phi) is 4.67. The Hall–Kier alpha value is -0.120. The van der Waals surface area contributed by atoms with E-state index in [0.717, 1.165) is 0 Å². The third-order valence-electron chi connectivity index (χ3n) is 1.38. The summed E-state index contributed by atoms with van der Waals surface area (Å²) in [5.74, 6) is 0. The van der Waals surface area contributed by atoms with Gasteiger partial charge in [0.05, 0.1) is 12.7 Å². The number of hydrogen-bond acceptors (Lipinski definition) is 3. The van der Waals surface area contributed by atoms with Crippen LogP contribution in [-0.2, 0) is 9.47 Å². The maximum atomic E-state index is 8.62. The molecule has 0 aliphatic carbocycles. The van der Waals surface area contributed by atoms with Gasteiger partial charge >= 0.3 is 0 Å². The number of aliphatic hydroxyl groups is 1. The second-order valence-corrected chi connectivity index (χ2v) is 1.90. The van der Waals surface area contributed by atoms with E-state index < -0.39 is 0 Å². The summed E-state index contributed by atoms with van der Waals surface area (Å²) < 4.78 is 9.79. The van der Waals surface area contributed by atoms with Gasteiger partial charge in [0.15, 0.2) is 0 Å². The molecule has 0 spiro atoms. The summed E-state index contributed by atoms with van der Waals surface area (Å²) in [5.41, 5.74) is 0. The largest absolute Gasteiger partial charge is 0.394 e. The Labute approximate surface area is 55.6 Å². The Morgan fingerprint density at radius 3 is 2.00 bits per heavy atom. The molecule has 0 aromatic rings. The molecular weight excluding hydrogens is 120 g/mol. The quantitative estimate of drug-likeness (QED) is 0.589. The average Bonchev–Trinajstić information content (AvgIpc) is 1.90. The van der Waals surface area contributed by atoms with E-state index in [4.69, 9.17) is 14.6 Å². The Morgan fingerprint density at radius 1 is 1.33 bits per heavy atom. The first-order valence-electron chi connectivity index (χ1n) is 2.92. The first kappa shape index (κ1) is 8.88. The van der Waals surface area contributed by atoms with Crippen LogP contribution in [0.15, 0.2) is 0 Å². The van der Waals surface area contributed by atoms with Gasteiger partial charge in [-0.1, -0.05) is 0 Å². The van der Waals surface area contributed by atoms with Crippen LogP contribution in [0, 0.1) is 0 Å². The predicted molar refractivity (Wildman–Crippen MR) is 34.4 cm³/mol. The molecule has 2 atom stereocenters. The molecule has 0 amide bonds. The Balaban J connectivity index is 3.50. The lowest BCUT2D eigenvalue weighted by Crippen LogP contribution is -2.30. The number of methoxy groups -OCH3 is 2. The zero-order valence-corrected chi connectivity index (χ0v) is 6.13. The average molecular weight is 134 g/mol. The third kappa shape index (κ3) is 2.79. The summed E-state index contributed by atoms with van der Waals surface area (Å²) in [4.78, 5) is 0. The molecule has 0 aromatic heterocycles. The van der Waals surface area contributed by atoms with E-state index in [1.165, 1.54) is 0 Å². The molecule has 0 aromatic carbocycles. The molecule has 3 heteroatoms. The van der Waals surface area contributed by atoms with Crippen molar-refractivity contribution in [2.75, 3.05) is 20.8 Å². The molecule has 0 aliphatic heterocycles. The molecule has 0 radical (unpaired) electrons. The van der Waals surface area contributed by atoms with Gasteiger partial charge in [0.2, 0.25) is 0 Å². The highest BCUT2D eigenvalue weighted by molar-refractivity contribution is 4.62. The van der Waals surface area contributed by atoms with E-state index in [1.54, 1.807) is 14.2 Å². The minimum atomic E-state index is -0.199. The van der Waals surface area contributed by atoms with E-state index in [1.807, 2.05) is 6.92 Å². The number of rotatable bonds is 4. The smallest absolute Gasteiger partial charge is 0.106 e. The van der Waals surface area contributed by atoms with Crippen LogP contribution in [0.1, 0.15) is 6.92 Å². The molecule has 0 unspecified atom stereocenters. The molecule has 0 saturated heterocycles. The highest BCUT2D eigenvalue weighted by Crippen LogP contribution is 1.99. The third-order valence-corrected chi connectivity index (χ3v) is 1.38.